The van der Waals surface area contributed by atoms with E-state index in [0.717, 1.165) is 16.7 Å². The van der Waals surface area contributed by atoms with Gasteiger partial charge in [0, 0.05) is 25.0 Å². The number of aryl methyl sites for hydroxylation is 1. The zero-order valence-corrected chi connectivity index (χ0v) is 15.8. The molecule has 0 aliphatic carbocycles. The molecule has 2 aromatic heterocycles. The summed E-state index contributed by atoms with van der Waals surface area (Å²) in [5.74, 6) is -0.0332. The summed E-state index contributed by atoms with van der Waals surface area (Å²) >= 11 is 0. The van der Waals surface area contributed by atoms with E-state index < -0.39 is 12.0 Å². The van der Waals surface area contributed by atoms with Crippen molar-refractivity contribution in [2.24, 2.45) is 7.05 Å². The Morgan fingerprint density at radius 3 is 2.76 bits per heavy atom. The van der Waals surface area contributed by atoms with Gasteiger partial charge in [0.1, 0.15) is 5.82 Å². The molecule has 0 aliphatic heterocycles. The van der Waals surface area contributed by atoms with Gasteiger partial charge in [-0.3, -0.25) is 9.48 Å². The van der Waals surface area contributed by atoms with Gasteiger partial charge in [-0.2, -0.15) is 10.1 Å². The van der Waals surface area contributed by atoms with Crippen molar-refractivity contribution >= 4 is 40.8 Å². The number of benzene rings is 1. The smallest absolute Gasteiger partial charge is 0.417 e. The van der Waals surface area contributed by atoms with E-state index >= 15 is 0 Å². The van der Waals surface area contributed by atoms with E-state index in [1.54, 1.807) is 29.1 Å². The first-order valence-corrected chi connectivity index (χ1v) is 8.54. The molecule has 0 spiro atoms. The third kappa shape index (κ3) is 4.38. The Labute approximate surface area is 166 Å². The van der Waals surface area contributed by atoms with Gasteiger partial charge in [-0.25, -0.2) is 14.7 Å². The molecule has 0 bridgehead atoms. The van der Waals surface area contributed by atoms with Crippen molar-refractivity contribution in [3.05, 3.63) is 61.1 Å². The number of hydrogen-bond acceptors (Lipinski definition) is 6. The SMILES string of the molecule is C=CC(=O)Nc1cccc(N(C(=O)O)c2ccnc(Nc3cnn(C)c3C)n2)c1. The van der Waals surface area contributed by atoms with Crippen molar-refractivity contribution in [3.8, 4) is 0 Å². The number of aromatic nitrogens is 4. The molecule has 0 unspecified atom stereocenters. The number of anilines is 5. The molecule has 0 saturated carbocycles. The van der Waals surface area contributed by atoms with Crippen LogP contribution in [0.3, 0.4) is 0 Å². The Balaban J connectivity index is 1.93. The highest BCUT2D eigenvalue weighted by molar-refractivity contribution is 6.00. The van der Waals surface area contributed by atoms with E-state index in [9.17, 15) is 14.7 Å². The molecule has 148 valence electrons. The van der Waals surface area contributed by atoms with Crippen molar-refractivity contribution in [1.82, 2.24) is 19.7 Å². The molecule has 0 saturated heterocycles. The fourth-order valence-corrected chi connectivity index (χ4v) is 2.53. The van der Waals surface area contributed by atoms with Crippen LogP contribution in [0, 0.1) is 6.92 Å². The number of amides is 2. The second kappa shape index (κ2) is 8.21. The predicted molar refractivity (Wildman–Crippen MR) is 109 cm³/mol. The van der Waals surface area contributed by atoms with E-state index in [-0.39, 0.29) is 11.8 Å². The zero-order valence-electron chi connectivity index (χ0n) is 15.8. The average Bonchev–Trinajstić information content (AvgIpc) is 3.00. The molecule has 2 amide bonds. The van der Waals surface area contributed by atoms with Crippen molar-refractivity contribution in [2.45, 2.75) is 6.92 Å². The number of rotatable bonds is 6. The molecule has 3 N–H and O–H groups in total. The van der Waals surface area contributed by atoms with Crippen molar-refractivity contribution in [1.29, 1.82) is 0 Å². The van der Waals surface area contributed by atoms with Gasteiger partial charge in [0.15, 0.2) is 0 Å². The van der Waals surface area contributed by atoms with Crippen LogP contribution in [0.2, 0.25) is 0 Å². The monoisotopic (exact) mass is 393 g/mol. The molecule has 29 heavy (non-hydrogen) atoms. The Hall–Kier alpha value is -4.21. The third-order valence-corrected chi connectivity index (χ3v) is 4.10. The van der Waals surface area contributed by atoms with Crippen LogP contribution < -0.4 is 15.5 Å². The third-order valence-electron chi connectivity index (χ3n) is 4.10. The second-order valence-corrected chi connectivity index (χ2v) is 5.99. The second-order valence-electron chi connectivity index (χ2n) is 5.99. The standard InChI is InChI=1S/C19H19N7O3/c1-4-17(27)22-13-6-5-7-14(10-13)26(19(28)29)16-8-9-20-18(24-16)23-15-11-21-25(3)12(15)2/h4-11H,1H2,2-3H3,(H,22,27)(H,28,29)(H,20,23,24). The van der Waals surface area contributed by atoms with Crippen molar-refractivity contribution in [2.75, 3.05) is 15.5 Å². The van der Waals surface area contributed by atoms with Crippen LogP contribution in [0.5, 0.6) is 0 Å². The quantitative estimate of drug-likeness (QED) is 0.549. The molecule has 0 aliphatic rings. The molecule has 10 nitrogen and oxygen atoms in total. The van der Waals surface area contributed by atoms with Gasteiger partial charge in [0.25, 0.3) is 0 Å². The molecule has 10 heteroatoms. The number of hydrogen-bond donors (Lipinski definition) is 3. The minimum absolute atomic E-state index is 0.142. The minimum Gasteiger partial charge on any atom is -0.464 e. The van der Waals surface area contributed by atoms with E-state index in [1.807, 2.05) is 14.0 Å². The van der Waals surface area contributed by atoms with Crippen molar-refractivity contribution in [3.63, 3.8) is 0 Å². The summed E-state index contributed by atoms with van der Waals surface area (Å²) in [6.45, 7) is 5.28. The topological polar surface area (TPSA) is 125 Å². The largest absolute Gasteiger partial charge is 0.464 e. The van der Waals surface area contributed by atoms with Crippen LogP contribution in [0.25, 0.3) is 0 Å². The number of carboxylic acid groups (broad SMARTS) is 1. The molecular weight excluding hydrogens is 374 g/mol. The first-order valence-electron chi connectivity index (χ1n) is 8.54. The van der Waals surface area contributed by atoms with Crippen LogP contribution >= 0.6 is 0 Å². The fraction of sp³-hybridized carbons (Fsp3) is 0.105. The first-order chi connectivity index (χ1) is 13.9. The maximum atomic E-state index is 11.9. The maximum absolute atomic E-state index is 11.9. The zero-order chi connectivity index (χ0) is 21.0. The lowest BCUT2D eigenvalue weighted by Gasteiger charge is -2.19. The molecular formula is C19H19N7O3. The molecule has 3 rings (SSSR count). The molecule has 0 fully saturated rings. The number of carbonyl (C=O) groups is 2. The molecule has 2 heterocycles. The van der Waals surface area contributed by atoms with E-state index in [0.29, 0.717) is 17.1 Å². The number of carbonyl (C=O) groups excluding carboxylic acids is 1. The van der Waals surface area contributed by atoms with Gasteiger partial charge in [0.2, 0.25) is 11.9 Å². The predicted octanol–water partition coefficient (Wildman–Crippen LogP) is 3.20. The Kier molecular flexibility index (Phi) is 5.54. The lowest BCUT2D eigenvalue weighted by molar-refractivity contribution is -0.111. The summed E-state index contributed by atoms with van der Waals surface area (Å²) in [7, 11) is 1.81. The Morgan fingerprint density at radius 1 is 1.31 bits per heavy atom. The van der Waals surface area contributed by atoms with Gasteiger partial charge >= 0.3 is 6.09 Å². The van der Waals surface area contributed by atoms with Crippen LogP contribution in [-0.4, -0.2) is 36.9 Å². The number of nitrogens with zero attached hydrogens (tertiary/aromatic N) is 5. The highest BCUT2D eigenvalue weighted by atomic mass is 16.4. The van der Waals surface area contributed by atoms with Gasteiger partial charge in [-0.15, -0.1) is 0 Å². The highest BCUT2D eigenvalue weighted by Crippen LogP contribution is 2.27. The molecule has 1 aromatic carbocycles. The van der Waals surface area contributed by atoms with Crippen LogP contribution in [0.15, 0.2) is 55.4 Å². The summed E-state index contributed by atoms with van der Waals surface area (Å²) < 4.78 is 1.69. The van der Waals surface area contributed by atoms with Gasteiger partial charge < -0.3 is 15.7 Å². The summed E-state index contributed by atoms with van der Waals surface area (Å²) in [5.41, 5.74) is 2.32. The minimum atomic E-state index is -1.24. The summed E-state index contributed by atoms with van der Waals surface area (Å²) in [4.78, 5) is 32.9. The average molecular weight is 393 g/mol. The lowest BCUT2D eigenvalue weighted by atomic mass is 10.2. The van der Waals surface area contributed by atoms with Crippen LogP contribution in [0.1, 0.15) is 5.69 Å². The Bertz CT molecular complexity index is 1080. The van der Waals surface area contributed by atoms with Crippen LogP contribution in [0.4, 0.5) is 33.6 Å². The van der Waals surface area contributed by atoms with E-state index in [2.05, 4.69) is 32.3 Å². The molecule has 0 radical (unpaired) electrons. The van der Waals surface area contributed by atoms with Gasteiger partial charge in [-0.1, -0.05) is 12.6 Å². The van der Waals surface area contributed by atoms with E-state index in [1.165, 1.54) is 18.3 Å². The highest BCUT2D eigenvalue weighted by Gasteiger charge is 2.20. The summed E-state index contributed by atoms with van der Waals surface area (Å²) in [5, 5.41) is 19.5. The van der Waals surface area contributed by atoms with Crippen LogP contribution in [-0.2, 0) is 11.8 Å². The van der Waals surface area contributed by atoms with E-state index in [4.69, 9.17) is 0 Å². The number of nitrogens with one attached hydrogen (secondary N) is 2. The Morgan fingerprint density at radius 2 is 2.10 bits per heavy atom. The lowest BCUT2D eigenvalue weighted by Crippen LogP contribution is -2.25. The first kappa shape index (κ1) is 19.5. The van der Waals surface area contributed by atoms with Gasteiger partial charge in [-0.05, 0) is 31.2 Å². The maximum Gasteiger partial charge on any atom is 0.417 e. The van der Waals surface area contributed by atoms with Crippen molar-refractivity contribution < 1.29 is 14.7 Å². The molecule has 3 aromatic rings. The fourth-order valence-electron chi connectivity index (χ4n) is 2.53. The molecule has 0 atom stereocenters. The van der Waals surface area contributed by atoms with Gasteiger partial charge in [0.05, 0.1) is 23.3 Å². The normalized spacial score (nSPS) is 10.3. The summed E-state index contributed by atoms with van der Waals surface area (Å²) in [6.07, 6.45) is 2.98. The summed E-state index contributed by atoms with van der Waals surface area (Å²) in [6, 6.07) is 7.87.